The summed E-state index contributed by atoms with van der Waals surface area (Å²) in [7, 11) is 1.60. The smallest absolute Gasteiger partial charge is 0.271 e. The first-order chi connectivity index (χ1) is 11.3. The van der Waals surface area contributed by atoms with Gasteiger partial charge in [0, 0.05) is 7.11 Å². The van der Waals surface area contributed by atoms with Crippen molar-refractivity contribution in [3.63, 3.8) is 0 Å². The fourth-order valence-corrected chi connectivity index (χ4v) is 1.97. The molecule has 118 valence electrons. The summed E-state index contributed by atoms with van der Waals surface area (Å²) in [6.07, 6.45) is 1.98. The second-order valence-corrected chi connectivity index (χ2v) is 4.77. The Morgan fingerprint density at radius 3 is 2.91 bits per heavy atom. The number of carbonyl (C=O) groups is 1. The summed E-state index contributed by atoms with van der Waals surface area (Å²) in [5.41, 5.74) is 1.65. The molecule has 0 aliphatic rings. The van der Waals surface area contributed by atoms with Crippen molar-refractivity contribution in [3.05, 3.63) is 47.9 Å². The van der Waals surface area contributed by atoms with Crippen molar-refractivity contribution in [2.75, 3.05) is 13.7 Å². The van der Waals surface area contributed by atoms with Crippen molar-refractivity contribution in [2.24, 2.45) is 0 Å². The molecule has 0 aliphatic carbocycles. The van der Waals surface area contributed by atoms with Gasteiger partial charge in [-0.15, -0.1) is 0 Å². The maximum absolute atomic E-state index is 12.1. The van der Waals surface area contributed by atoms with Gasteiger partial charge < -0.3 is 14.6 Å². The van der Waals surface area contributed by atoms with Gasteiger partial charge in [-0.3, -0.25) is 9.78 Å². The molecule has 0 saturated carbocycles. The molecular formula is C15H15N5O3. The molecule has 0 atom stereocenters. The van der Waals surface area contributed by atoms with Gasteiger partial charge in [0.2, 0.25) is 5.89 Å². The fraction of sp³-hybridized carbons (Fsp3) is 0.267. The Bertz CT molecular complexity index is 817. The highest BCUT2D eigenvalue weighted by atomic mass is 16.5. The van der Waals surface area contributed by atoms with Crippen LogP contribution in [0.25, 0.3) is 11.0 Å². The number of carbonyl (C=O) groups excluding carboxylic acids is 1. The molecule has 3 aromatic rings. The first-order valence-corrected chi connectivity index (χ1v) is 7.06. The van der Waals surface area contributed by atoms with Crippen molar-refractivity contribution >= 4 is 16.9 Å². The Morgan fingerprint density at radius 2 is 2.09 bits per heavy atom. The summed E-state index contributed by atoms with van der Waals surface area (Å²) in [6, 6.07) is 7.36. The van der Waals surface area contributed by atoms with E-state index in [1.807, 2.05) is 18.2 Å². The Hall–Kier alpha value is -2.87. The highest BCUT2D eigenvalue weighted by Crippen LogP contribution is 2.08. The highest BCUT2D eigenvalue weighted by molar-refractivity contribution is 5.93. The van der Waals surface area contributed by atoms with E-state index in [1.54, 1.807) is 13.2 Å². The van der Waals surface area contributed by atoms with Crippen LogP contribution < -0.4 is 5.32 Å². The van der Waals surface area contributed by atoms with Crippen LogP contribution in [0.1, 0.15) is 22.2 Å². The Morgan fingerprint density at radius 1 is 1.26 bits per heavy atom. The minimum atomic E-state index is -0.341. The number of methoxy groups -OCH3 is 1. The lowest BCUT2D eigenvalue weighted by Gasteiger charge is -2.02. The number of nitrogens with one attached hydrogen (secondary N) is 1. The molecule has 2 heterocycles. The molecule has 1 N–H and O–H groups in total. The van der Waals surface area contributed by atoms with E-state index in [0.29, 0.717) is 30.3 Å². The summed E-state index contributed by atoms with van der Waals surface area (Å²) in [6.45, 7) is 0.657. The van der Waals surface area contributed by atoms with E-state index in [4.69, 9.17) is 9.26 Å². The van der Waals surface area contributed by atoms with Crippen molar-refractivity contribution in [1.82, 2.24) is 25.4 Å². The van der Waals surface area contributed by atoms with E-state index in [1.165, 1.54) is 6.20 Å². The average Bonchev–Trinajstić information content (AvgIpc) is 3.05. The minimum absolute atomic E-state index is 0.157. The monoisotopic (exact) mass is 313 g/mol. The number of rotatable bonds is 6. The number of ether oxygens (including phenoxy) is 1. The van der Waals surface area contributed by atoms with Crippen molar-refractivity contribution in [2.45, 2.75) is 13.0 Å². The largest absolute Gasteiger partial charge is 0.384 e. The lowest BCUT2D eigenvalue weighted by molar-refractivity contribution is 0.0944. The van der Waals surface area contributed by atoms with Crippen LogP contribution in [0.2, 0.25) is 0 Å². The lowest BCUT2D eigenvalue weighted by atomic mass is 10.3. The van der Waals surface area contributed by atoms with Crippen LogP contribution in [-0.4, -0.2) is 39.7 Å². The number of aromatic nitrogens is 4. The molecule has 23 heavy (non-hydrogen) atoms. The van der Waals surface area contributed by atoms with Gasteiger partial charge in [0.15, 0.2) is 5.82 Å². The minimum Gasteiger partial charge on any atom is -0.384 e. The van der Waals surface area contributed by atoms with Crippen LogP contribution in [0.15, 0.2) is 35.0 Å². The first kappa shape index (κ1) is 15.0. The third-order valence-corrected chi connectivity index (χ3v) is 3.12. The predicted molar refractivity (Wildman–Crippen MR) is 80.6 cm³/mol. The van der Waals surface area contributed by atoms with E-state index in [2.05, 4.69) is 25.4 Å². The quantitative estimate of drug-likeness (QED) is 0.727. The molecule has 0 aliphatic heterocycles. The Kier molecular flexibility index (Phi) is 4.53. The number of hydrogen-bond acceptors (Lipinski definition) is 7. The van der Waals surface area contributed by atoms with Gasteiger partial charge in [0.05, 0.1) is 36.8 Å². The van der Waals surface area contributed by atoms with Gasteiger partial charge in [-0.25, -0.2) is 4.98 Å². The second kappa shape index (κ2) is 6.93. The van der Waals surface area contributed by atoms with E-state index in [-0.39, 0.29) is 18.1 Å². The lowest BCUT2D eigenvalue weighted by Crippen LogP contribution is -2.24. The highest BCUT2D eigenvalue weighted by Gasteiger charge is 2.11. The summed E-state index contributed by atoms with van der Waals surface area (Å²) < 4.78 is 9.98. The van der Waals surface area contributed by atoms with E-state index >= 15 is 0 Å². The summed E-state index contributed by atoms with van der Waals surface area (Å²) in [5.74, 6) is 0.534. The van der Waals surface area contributed by atoms with Crippen LogP contribution in [0, 0.1) is 0 Å². The number of amides is 1. The van der Waals surface area contributed by atoms with E-state index < -0.39 is 0 Å². The molecule has 2 aromatic heterocycles. The third kappa shape index (κ3) is 3.67. The van der Waals surface area contributed by atoms with Gasteiger partial charge in [-0.05, 0) is 12.1 Å². The molecule has 3 rings (SSSR count). The van der Waals surface area contributed by atoms with Gasteiger partial charge >= 0.3 is 0 Å². The van der Waals surface area contributed by atoms with Crippen LogP contribution in [0.3, 0.4) is 0 Å². The van der Waals surface area contributed by atoms with Crippen LogP contribution in [0.5, 0.6) is 0 Å². The zero-order valence-corrected chi connectivity index (χ0v) is 12.5. The average molecular weight is 313 g/mol. The number of hydrogen-bond donors (Lipinski definition) is 1. The molecule has 0 fully saturated rings. The topological polar surface area (TPSA) is 103 Å². The zero-order chi connectivity index (χ0) is 16.1. The van der Waals surface area contributed by atoms with Gasteiger partial charge in [-0.2, -0.15) is 4.98 Å². The molecule has 0 spiro atoms. The summed E-state index contributed by atoms with van der Waals surface area (Å²) >= 11 is 0. The number of nitrogens with zero attached hydrogens (tertiary/aromatic N) is 4. The molecule has 8 heteroatoms. The number of fused-ring (bicyclic) bond motifs is 1. The summed E-state index contributed by atoms with van der Waals surface area (Å²) in [5, 5.41) is 6.48. The SMILES string of the molecule is COCCc1nc(CNC(=O)c2cnc3ccccc3n2)no1. The molecule has 0 unspecified atom stereocenters. The van der Waals surface area contributed by atoms with Crippen molar-refractivity contribution < 1.29 is 14.1 Å². The molecule has 0 bridgehead atoms. The maximum Gasteiger partial charge on any atom is 0.271 e. The molecule has 1 aromatic carbocycles. The predicted octanol–water partition coefficient (Wildman–Crippen LogP) is 1.13. The van der Waals surface area contributed by atoms with E-state index in [9.17, 15) is 4.79 Å². The standard InChI is InChI=1S/C15H15N5O3/c1-22-7-6-14-19-13(20-23-14)9-17-15(21)12-8-16-10-4-2-3-5-11(10)18-12/h2-5,8H,6-7,9H2,1H3,(H,17,21). The summed E-state index contributed by atoms with van der Waals surface area (Å²) in [4.78, 5) is 24.8. The van der Waals surface area contributed by atoms with Crippen molar-refractivity contribution in [3.8, 4) is 0 Å². The molecule has 0 radical (unpaired) electrons. The normalized spacial score (nSPS) is 10.8. The second-order valence-electron chi connectivity index (χ2n) is 4.77. The molecule has 0 saturated heterocycles. The molecule has 8 nitrogen and oxygen atoms in total. The molecular weight excluding hydrogens is 298 g/mol. The number of para-hydroxylation sites is 2. The van der Waals surface area contributed by atoms with Gasteiger partial charge in [0.25, 0.3) is 5.91 Å². The van der Waals surface area contributed by atoms with Crippen molar-refractivity contribution in [1.29, 1.82) is 0 Å². The molecule has 1 amide bonds. The Balaban J connectivity index is 1.62. The van der Waals surface area contributed by atoms with Gasteiger partial charge in [0.1, 0.15) is 5.69 Å². The first-order valence-electron chi connectivity index (χ1n) is 7.06. The maximum atomic E-state index is 12.1. The van der Waals surface area contributed by atoms with Crippen LogP contribution in [0.4, 0.5) is 0 Å². The fourth-order valence-electron chi connectivity index (χ4n) is 1.97. The van der Waals surface area contributed by atoms with Crippen LogP contribution in [-0.2, 0) is 17.7 Å². The third-order valence-electron chi connectivity index (χ3n) is 3.12. The number of benzene rings is 1. The van der Waals surface area contributed by atoms with E-state index in [0.717, 1.165) is 5.52 Å². The van der Waals surface area contributed by atoms with Gasteiger partial charge in [-0.1, -0.05) is 17.3 Å². The van der Waals surface area contributed by atoms with Crippen LogP contribution >= 0.6 is 0 Å². The Labute approximate surface area is 131 Å². The zero-order valence-electron chi connectivity index (χ0n) is 12.5.